The van der Waals surface area contributed by atoms with Crippen molar-refractivity contribution in [2.24, 2.45) is 0 Å². The monoisotopic (exact) mass is 288 g/mol. The van der Waals surface area contributed by atoms with E-state index in [9.17, 15) is 4.79 Å². The first-order valence-corrected chi connectivity index (χ1v) is 7.77. The minimum Gasteiger partial charge on any atom is -0.267 e. The highest BCUT2D eigenvalue weighted by molar-refractivity contribution is 5.98. The summed E-state index contributed by atoms with van der Waals surface area (Å²) in [6.07, 6.45) is 5.38. The van der Waals surface area contributed by atoms with E-state index in [1.54, 1.807) is 0 Å². The Morgan fingerprint density at radius 2 is 1.95 bits per heavy atom. The van der Waals surface area contributed by atoms with E-state index in [4.69, 9.17) is 5.73 Å². The summed E-state index contributed by atoms with van der Waals surface area (Å²) < 4.78 is 0. The molecule has 109 valence electrons. The second-order valence-corrected chi connectivity index (χ2v) is 6.44. The first-order valence-electron chi connectivity index (χ1n) is 7.77. The van der Waals surface area contributed by atoms with Crippen LogP contribution in [0.5, 0.6) is 0 Å². The fourth-order valence-electron chi connectivity index (χ4n) is 3.84. The molecular formula is C20H18NO. The normalized spacial score (nSPS) is 14.9. The van der Waals surface area contributed by atoms with Gasteiger partial charge in [-0.3, -0.25) is 10.5 Å². The van der Waals surface area contributed by atoms with Crippen LogP contribution in [0.25, 0.3) is 17.2 Å². The lowest BCUT2D eigenvalue weighted by molar-refractivity contribution is 0.0991. The van der Waals surface area contributed by atoms with E-state index >= 15 is 0 Å². The quantitative estimate of drug-likeness (QED) is 0.818. The smallest absolute Gasteiger partial charge is 0.267 e. The second-order valence-electron chi connectivity index (χ2n) is 6.44. The summed E-state index contributed by atoms with van der Waals surface area (Å²) in [5.41, 5.74) is 18.1. The zero-order chi connectivity index (χ0) is 15.4. The van der Waals surface area contributed by atoms with Crippen LogP contribution in [-0.2, 0) is 19.3 Å². The predicted octanol–water partition coefficient (Wildman–Crippen LogP) is 4.14. The Hall–Kier alpha value is -2.35. The minimum absolute atomic E-state index is 0.560. The molecule has 0 spiro atoms. The Morgan fingerprint density at radius 1 is 1.14 bits per heavy atom. The molecule has 0 fully saturated rings. The number of hydrogen-bond donors (Lipinski definition) is 0. The summed E-state index contributed by atoms with van der Waals surface area (Å²) in [6, 6.07) is 8.39. The van der Waals surface area contributed by atoms with Gasteiger partial charge >= 0.3 is 0 Å². The number of fused-ring (bicyclic) bond motifs is 2. The average molecular weight is 288 g/mol. The highest BCUT2D eigenvalue weighted by atomic mass is 16.1. The van der Waals surface area contributed by atoms with Gasteiger partial charge in [0.1, 0.15) is 0 Å². The van der Waals surface area contributed by atoms with Crippen molar-refractivity contribution >= 4 is 12.0 Å². The van der Waals surface area contributed by atoms with Crippen LogP contribution in [0.4, 0.5) is 0 Å². The average Bonchev–Trinajstić information content (AvgIpc) is 2.82. The minimum atomic E-state index is -0.576. The first kappa shape index (κ1) is 13.3. The highest BCUT2D eigenvalue weighted by Crippen LogP contribution is 2.42. The van der Waals surface area contributed by atoms with Crippen molar-refractivity contribution in [1.29, 1.82) is 0 Å². The molecule has 0 atom stereocenters. The lowest BCUT2D eigenvalue weighted by Crippen LogP contribution is -2.16. The Balaban J connectivity index is 2.03. The molecule has 1 amide bonds. The van der Waals surface area contributed by atoms with Gasteiger partial charge in [0, 0.05) is 5.56 Å². The molecule has 1 radical (unpaired) electrons. The van der Waals surface area contributed by atoms with Gasteiger partial charge in [-0.1, -0.05) is 29.8 Å². The largest absolute Gasteiger partial charge is 0.269 e. The molecule has 0 heterocycles. The Bertz CT molecular complexity index is 858. The van der Waals surface area contributed by atoms with E-state index in [1.807, 2.05) is 13.0 Å². The molecule has 0 unspecified atom stereocenters. The third kappa shape index (κ3) is 1.77. The van der Waals surface area contributed by atoms with Gasteiger partial charge in [0.2, 0.25) is 0 Å². The summed E-state index contributed by atoms with van der Waals surface area (Å²) in [5, 5.41) is 0. The topological polar surface area (TPSA) is 40.9 Å². The SMILES string of the molecule is CC1=Cc2c(cccc2-c2c(C)c(C([NH])=O)cc3c2CC3)C1. The van der Waals surface area contributed by atoms with Gasteiger partial charge in [0.15, 0.2) is 0 Å². The van der Waals surface area contributed by atoms with Crippen LogP contribution >= 0.6 is 0 Å². The van der Waals surface area contributed by atoms with Gasteiger partial charge in [0.05, 0.1) is 0 Å². The molecule has 2 heteroatoms. The van der Waals surface area contributed by atoms with E-state index < -0.39 is 5.91 Å². The number of amides is 1. The third-order valence-electron chi connectivity index (χ3n) is 5.00. The van der Waals surface area contributed by atoms with Crippen molar-refractivity contribution in [3.05, 3.63) is 63.2 Å². The molecule has 0 aromatic heterocycles. The van der Waals surface area contributed by atoms with Crippen molar-refractivity contribution < 1.29 is 4.79 Å². The second kappa shape index (κ2) is 4.57. The molecule has 2 aromatic rings. The van der Waals surface area contributed by atoms with Crippen LogP contribution < -0.4 is 5.73 Å². The van der Waals surface area contributed by atoms with Crippen LogP contribution in [0.3, 0.4) is 0 Å². The predicted molar refractivity (Wildman–Crippen MR) is 88.8 cm³/mol. The van der Waals surface area contributed by atoms with E-state index in [-0.39, 0.29) is 0 Å². The molecule has 1 N–H and O–H groups in total. The van der Waals surface area contributed by atoms with Gasteiger partial charge in [-0.25, -0.2) is 0 Å². The fraction of sp³-hybridized carbons (Fsp3) is 0.250. The summed E-state index contributed by atoms with van der Waals surface area (Å²) in [7, 11) is 0. The number of carbonyl (C=O) groups excluding carboxylic acids is 1. The molecule has 0 saturated heterocycles. The van der Waals surface area contributed by atoms with Crippen LogP contribution in [-0.4, -0.2) is 5.91 Å². The third-order valence-corrected chi connectivity index (χ3v) is 5.00. The maximum atomic E-state index is 11.7. The lowest BCUT2D eigenvalue weighted by atomic mass is 9.77. The van der Waals surface area contributed by atoms with Crippen molar-refractivity contribution in [3.8, 4) is 11.1 Å². The maximum Gasteiger partial charge on any atom is 0.269 e. The molecule has 2 aliphatic rings. The van der Waals surface area contributed by atoms with Gasteiger partial charge in [0.25, 0.3) is 5.91 Å². The molecule has 2 nitrogen and oxygen atoms in total. The number of carbonyl (C=O) groups is 1. The number of aryl methyl sites for hydroxylation is 1. The van der Waals surface area contributed by atoms with Gasteiger partial charge in [-0.05, 0) is 78.1 Å². The van der Waals surface area contributed by atoms with Gasteiger partial charge in [-0.15, -0.1) is 0 Å². The first-order chi connectivity index (χ1) is 10.6. The Labute approximate surface area is 130 Å². The molecular weight excluding hydrogens is 270 g/mol. The Kier molecular flexibility index (Phi) is 2.77. The van der Waals surface area contributed by atoms with E-state index in [0.29, 0.717) is 5.56 Å². The number of nitrogens with one attached hydrogen (secondary N) is 1. The Morgan fingerprint density at radius 3 is 2.64 bits per heavy atom. The van der Waals surface area contributed by atoms with Crippen LogP contribution in [0, 0.1) is 6.92 Å². The van der Waals surface area contributed by atoms with Crippen LogP contribution in [0.1, 0.15) is 45.1 Å². The molecule has 2 aliphatic carbocycles. The van der Waals surface area contributed by atoms with Crippen LogP contribution in [0.15, 0.2) is 29.8 Å². The standard InChI is InChI=1S/C20H18NO/c1-11-8-13-4-3-5-16(18(13)9-11)19-12(2)17(20(21)22)10-14-6-7-15(14)19/h3-5,9-10,21H,6-8H2,1-2H3. The fourth-order valence-corrected chi connectivity index (χ4v) is 3.84. The molecule has 0 bridgehead atoms. The van der Waals surface area contributed by atoms with Crippen molar-refractivity contribution in [2.75, 3.05) is 0 Å². The van der Waals surface area contributed by atoms with E-state index in [1.165, 1.54) is 39.0 Å². The number of hydrogen-bond acceptors (Lipinski definition) is 1. The highest BCUT2D eigenvalue weighted by Gasteiger charge is 2.26. The van der Waals surface area contributed by atoms with E-state index in [0.717, 1.165) is 24.8 Å². The summed E-state index contributed by atoms with van der Waals surface area (Å²) in [4.78, 5) is 11.7. The number of allylic oxidation sites excluding steroid dienone is 1. The zero-order valence-electron chi connectivity index (χ0n) is 12.9. The summed E-state index contributed by atoms with van der Waals surface area (Å²) in [6.45, 7) is 4.15. The molecule has 22 heavy (non-hydrogen) atoms. The maximum absolute atomic E-state index is 11.7. The summed E-state index contributed by atoms with van der Waals surface area (Å²) in [5.74, 6) is -0.576. The lowest BCUT2D eigenvalue weighted by Gasteiger charge is -2.27. The number of rotatable bonds is 2. The van der Waals surface area contributed by atoms with Crippen molar-refractivity contribution in [3.63, 3.8) is 0 Å². The molecule has 4 rings (SSSR count). The molecule has 0 saturated carbocycles. The number of benzene rings is 2. The van der Waals surface area contributed by atoms with Gasteiger partial charge < -0.3 is 0 Å². The van der Waals surface area contributed by atoms with Crippen molar-refractivity contribution in [2.45, 2.75) is 33.1 Å². The van der Waals surface area contributed by atoms with Crippen LogP contribution in [0.2, 0.25) is 0 Å². The van der Waals surface area contributed by atoms with Gasteiger partial charge in [-0.2, -0.15) is 0 Å². The molecule has 0 aliphatic heterocycles. The van der Waals surface area contributed by atoms with E-state index in [2.05, 4.69) is 31.2 Å². The zero-order valence-corrected chi connectivity index (χ0v) is 12.9. The van der Waals surface area contributed by atoms with Crippen molar-refractivity contribution in [1.82, 2.24) is 5.73 Å². The molecule has 2 aromatic carbocycles. The summed E-state index contributed by atoms with van der Waals surface area (Å²) >= 11 is 0.